The third kappa shape index (κ3) is 5.36. The molecule has 1 aromatic carbocycles. The number of hydrogen-bond acceptors (Lipinski definition) is 9. The molecule has 0 radical (unpaired) electrons. The van der Waals surface area contributed by atoms with Crippen molar-refractivity contribution in [2.24, 2.45) is 0 Å². The standard InChI is InChI=1S/C24H23Cl2F3N6O4S/c1-11(36)19-21(37-2)18(34-10-14(32-33-34)23-30-9-17(26)40-23)22(38-3)20(39-19)15-6-7-31-35(15)16-8-12(25)4-5-13(16)24(27,28)29/h4-11,18-22,36H,1-3H3/t11?,18?,19?,20-,21+,22?/m0/s1. The summed E-state index contributed by atoms with van der Waals surface area (Å²) in [7, 11) is 2.89. The number of hydrogen-bond donors (Lipinski definition) is 1. The first kappa shape index (κ1) is 28.9. The Morgan fingerprint density at radius 2 is 1.90 bits per heavy atom. The minimum atomic E-state index is -4.68. The molecular formula is C24H23Cl2F3N6O4S. The van der Waals surface area contributed by atoms with Crippen molar-refractivity contribution in [3.05, 3.63) is 63.5 Å². The minimum absolute atomic E-state index is 0.0916. The molecule has 4 heterocycles. The number of benzene rings is 1. The molecule has 4 unspecified atom stereocenters. The Hall–Kier alpha value is -2.59. The number of aromatic nitrogens is 6. The largest absolute Gasteiger partial charge is 0.418 e. The molecule has 1 N–H and O–H groups in total. The topological polar surface area (TPSA) is 109 Å². The number of methoxy groups -OCH3 is 2. The predicted octanol–water partition coefficient (Wildman–Crippen LogP) is 5.00. The zero-order chi connectivity index (χ0) is 28.8. The van der Waals surface area contributed by atoms with E-state index in [2.05, 4.69) is 20.4 Å². The normalized spacial score (nSPS) is 24.4. The summed E-state index contributed by atoms with van der Waals surface area (Å²) in [6.07, 6.45) is -4.86. The number of thiazole rings is 1. The number of aliphatic hydroxyl groups excluding tert-OH is 1. The van der Waals surface area contributed by atoms with Gasteiger partial charge in [-0.2, -0.15) is 18.3 Å². The Kier molecular flexibility index (Phi) is 8.21. The fourth-order valence-electron chi connectivity index (χ4n) is 4.89. The van der Waals surface area contributed by atoms with Crippen LogP contribution in [-0.4, -0.2) is 73.5 Å². The number of aliphatic hydroxyl groups is 1. The molecule has 5 rings (SSSR count). The molecule has 1 fully saturated rings. The summed E-state index contributed by atoms with van der Waals surface area (Å²) in [5.41, 5.74) is -0.553. The Labute approximate surface area is 240 Å². The van der Waals surface area contributed by atoms with Gasteiger partial charge in [0.1, 0.15) is 45.5 Å². The van der Waals surface area contributed by atoms with Gasteiger partial charge >= 0.3 is 6.18 Å². The lowest BCUT2D eigenvalue weighted by Gasteiger charge is -2.46. The maximum Gasteiger partial charge on any atom is 0.418 e. The van der Waals surface area contributed by atoms with E-state index >= 15 is 0 Å². The molecule has 0 saturated carbocycles. The summed E-state index contributed by atoms with van der Waals surface area (Å²) in [5.74, 6) is 0. The van der Waals surface area contributed by atoms with Gasteiger partial charge in [0.2, 0.25) is 0 Å². The van der Waals surface area contributed by atoms with Crippen molar-refractivity contribution in [2.75, 3.05) is 14.2 Å². The van der Waals surface area contributed by atoms with Crippen molar-refractivity contribution in [2.45, 2.75) is 49.7 Å². The fraction of sp³-hybridized carbons (Fsp3) is 0.417. The highest BCUT2D eigenvalue weighted by Gasteiger charge is 2.51. The average molecular weight is 619 g/mol. The van der Waals surface area contributed by atoms with E-state index in [1.54, 1.807) is 6.20 Å². The maximum absolute atomic E-state index is 14.0. The summed E-state index contributed by atoms with van der Waals surface area (Å²) in [6.45, 7) is 1.53. The van der Waals surface area contributed by atoms with E-state index in [1.807, 2.05) is 0 Å². The van der Waals surface area contributed by atoms with Gasteiger partial charge in [0, 0.05) is 25.4 Å². The summed E-state index contributed by atoms with van der Waals surface area (Å²) in [6, 6.07) is 4.01. The summed E-state index contributed by atoms with van der Waals surface area (Å²) in [4.78, 5) is 4.23. The molecule has 10 nitrogen and oxygen atoms in total. The Morgan fingerprint density at radius 3 is 2.52 bits per heavy atom. The highest BCUT2D eigenvalue weighted by atomic mass is 35.5. The van der Waals surface area contributed by atoms with E-state index < -0.39 is 48.3 Å². The van der Waals surface area contributed by atoms with Crippen molar-refractivity contribution in [3.8, 4) is 16.4 Å². The van der Waals surface area contributed by atoms with Crippen LogP contribution in [0.3, 0.4) is 0 Å². The molecule has 6 atom stereocenters. The van der Waals surface area contributed by atoms with Crippen molar-refractivity contribution >= 4 is 34.5 Å². The molecule has 4 aromatic rings. The molecule has 1 aliphatic rings. The van der Waals surface area contributed by atoms with Gasteiger partial charge in [-0.15, -0.1) is 16.4 Å². The molecule has 1 saturated heterocycles. The highest BCUT2D eigenvalue weighted by Crippen LogP contribution is 2.44. The van der Waals surface area contributed by atoms with Crippen molar-refractivity contribution in [3.63, 3.8) is 0 Å². The second-order valence-electron chi connectivity index (χ2n) is 9.03. The Morgan fingerprint density at radius 1 is 1.15 bits per heavy atom. The molecule has 0 amide bonds. The zero-order valence-corrected chi connectivity index (χ0v) is 23.5. The Bertz CT molecular complexity index is 1480. The lowest BCUT2D eigenvalue weighted by molar-refractivity contribution is -0.235. The molecule has 0 spiro atoms. The lowest BCUT2D eigenvalue weighted by atomic mass is 9.88. The lowest BCUT2D eigenvalue weighted by Crippen LogP contribution is -2.56. The molecular weight excluding hydrogens is 596 g/mol. The first-order chi connectivity index (χ1) is 19.0. The van der Waals surface area contributed by atoms with Crippen LogP contribution in [0.15, 0.2) is 42.9 Å². The average Bonchev–Trinajstić information content (AvgIpc) is 3.67. The van der Waals surface area contributed by atoms with Crippen LogP contribution in [0.25, 0.3) is 16.4 Å². The van der Waals surface area contributed by atoms with Crippen molar-refractivity contribution in [1.29, 1.82) is 0 Å². The second-order valence-corrected chi connectivity index (χ2v) is 11.1. The number of halogens is 5. The number of rotatable bonds is 7. The second kappa shape index (κ2) is 11.4. The molecule has 3 aromatic heterocycles. The Balaban J connectivity index is 1.62. The molecule has 0 aliphatic carbocycles. The van der Waals surface area contributed by atoms with Gasteiger partial charge in [-0.3, -0.25) is 0 Å². The minimum Gasteiger partial charge on any atom is -0.391 e. The van der Waals surface area contributed by atoms with Crippen molar-refractivity contribution in [1.82, 2.24) is 29.8 Å². The first-order valence-electron chi connectivity index (χ1n) is 11.9. The van der Waals surface area contributed by atoms with Gasteiger partial charge in [-0.05, 0) is 31.2 Å². The monoisotopic (exact) mass is 618 g/mol. The van der Waals surface area contributed by atoms with Crippen LogP contribution in [0, 0.1) is 0 Å². The van der Waals surface area contributed by atoms with E-state index in [0.717, 1.165) is 16.8 Å². The predicted molar refractivity (Wildman–Crippen MR) is 140 cm³/mol. The smallest absolute Gasteiger partial charge is 0.391 e. The first-order valence-corrected chi connectivity index (χ1v) is 13.4. The third-order valence-corrected chi connectivity index (χ3v) is 7.96. The van der Waals surface area contributed by atoms with Crippen LogP contribution in [0.2, 0.25) is 9.36 Å². The van der Waals surface area contributed by atoms with Gasteiger partial charge in [0.15, 0.2) is 0 Å². The van der Waals surface area contributed by atoms with Crippen LogP contribution in [0.1, 0.15) is 30.3 Å². The van der Waals surface area contributed by atoms with E-state index in [4.69, 9.17) is 37.4 Å². The summed E-state index contributed by atoms with van der Waals surface area (Å²) >= 11 is 13.3. The number of nitrogens with zero attached hydrogens (tertiary/aromatic N) is 6. The molecule has 16 heteroatoms. The van der Waals surface area contributed by atoms with E-state index in [1.165, 1.54) is 61.7 Å². The van der Waals surface area contributed by atoms with Crippen LogP contribution >= 0.6 is 34.5 Å². The van der Waals surface area contributed by atoms with Crippen LogP contribution in [0.4, 0.5) is 13.2 Å². The summed E-state index contributed by atoms with van der Waals surface area (Å²) in [5, 5.41) is 24.0. The third-order valence-electron chi connectivity index (χ3n) is 6.59. The molecule has 1 aliphatic heterocycles. The van der Waals surface area contributed by atoms with E-state index in [0.29, 0.717) is 15.0 Å². The zero-order valence-electron chi connectivity index (χ0n) is 21.2. The van der Waals surface area contributed by atoms with E-state index in [-0.39, 0.29) is 16.4 Å². The number of alkyl halides is 3. The quantitative estimate of drug-likeness (QED) is 0.308. The van der Waals surface area contributed by atoms with Gasteiger partial charge in [-0.1, -0.05) is 28.4 Å². The van der Waals surface area contributed by atoms with Gasteiger partial charge < -0.3 is 19.3 Å². The fourth-order valence-corrected chi connectivity index (χ4v) is 5.92. The molecule has 0 bridgehead atoms. The van der Waals surface area contributed by atoms with Crippen molar-refractivity contribution < 1.29 is 32.5 Å². The maximum atomic E-state index is 14.0. The van der Waals surface area contributed by atoms with Gasteiger partial charge in [-0.25, -0.2) is 14.3 Å². The highest BCUT2D eigenvalue weighted by molar-refractivity contribution is 7.18. The number of ether oxygens (including phenoxy) is 3. The van der Waals surface area contributed by atoms with Crippen LogP contribution in [0.5, 0.6) is 0 Å². The SMILES string of the molecule is COC1C(n2cc(-c3ncc(Cl)s3)nn2)[C@@H](OC)C(C(C)O)O[C@H]1c1ccnn1-c1cc(Cl)ccc1C(F)(F)F. The van der Waals surface area contributed by atoms with Crippen LogP contribution < -0.4 is 0 Å². The molecule has 40 heavy (non-hydrogen) atoms. The van der Waals surface area contributed by atoms with Gasteiger partial charge in [0.05, 0.1) is 35.4 Å². The van der Waals surface area contributed by atoms with E-state index in [9.17, 15) is 18.3 Å². The van der Waals surface area contributed by atoms with Crippen LogP contribution in [-0.2, 0) is 20.4 Å². The summed E-state index contributed by atoms with van der Waals surface area (Å²) < 4.78 is 62.9. The molecule has 214 valence electrons. The van der Waals surface area contributed by atoms with Gasteiger partial charge in [0.25, 0.3) is 0 Å².